The molecule has 0 saturated carbocycles. The van der Waals surface area contributed by atoms with Gasteiger partial charge in [-0.15, -0.1) is 0 Å². The van der Waals surface area contributed by atoms with Crippen molar-refractivity contribution in [1.82, 2.24) is 9.97 Å². The van der Waals surface area contributed by atoms with Crippen LogP contribution in [-0.4, -0.2) is 9.97 Å². The lowest BCUT2D eigenvalue weighted by atomic mass is 10.2. The van der Waals surface area contributed by atoms with Gasteiger partial charge in [-0.25, -0.2) is 4.98 Å². The van der Waals surface area contributed by atoms with Crippen molar-refractivity contribution in [1.29, 1.82) is 5.26 Å². The van der Waals surface area contributed by atoms with Crippen LogP contribution < -0.4 is 0 Å². The first kappa shape index (κ1) is 15.0. The van der Waals surface area contributed by atoms with Crippen molar-refractivity contribution >= 4 is 0 Å². The maximum atomic E-state index is 7.62. The molecule has 0 unspecified atom stereocenters. The molecule has 0 radical (unpaired) electrons. The number of H-pyrrole nitrogens is 1. The Bertz CT molecular complexity index is 494. The summed E-state index contributed by atoms with van der Waals surface area (Å²) in [5.41, 5.74) is 2.39. The Labute approximate surface area is 115 Å². The van der Waals surface area contributed by atoms with E-state index in [1.165, 1.54) is 18.5 Å². The van der Waals surface area contributed by atoms with E-state index < -0.39 is 0 Å². The van der Waals surface area contributed by atoms with Gasteiger partial charge in [0.1, 0.15) is 5.82 Å². The summed E-state index contributed by atoms with van der Waals surface area (Å²) in [5, 5.41) is 7.62. The van der Waals surface area contributed by atoms with Gasteiger partial charge in [-0.1, -0.05) is 50.6 Å². The summed E-state index contributed by atoms with van der Waals surface area (Å²) in [6, 6.07) is 12.2. The van der Waals surface area contributed by atoms with Crippen LogP contribution in [0, 0.1) is 11.3 Å². The smallest absolute Gasteiger partial charge is 0.137 e. The summed E-state index contributed by atoms with van der Waals surface area (Å²) >= 11 is 0. The molecule has 19 heavy (non-hydrogen) atoms. The minimum absolute atomic E-state index is 0.625. The summed E-state index contributed by atoms with van der Waals surface area (Å²) in [4.78, 5) is 7.74. The zero-order chi connectivity index (χ0) is 13.9. The van der Waals surface area contributed by atoms with Crippen LogP contribution in [0.1, 0.15) is 38.8 Å². The van der Waals surface area contributed by atoms with E-state index in [0.717, 1.165) is 17.8 Å². The molecule has 1 aromatic heterocycles. The largest absolute Gasteiger partial charge is 0.342 e. The molecule has 0 fully saturated rings. The van der Waals surface area contributed by atoms with E-state index in [4.69, 9.17) is 5.26 Å². The zero-order valence-electron chi connectivity index (χ0n) is 11.7. The lowest BCUT2D eigenvalue weighted by molar-refractivity contribution is 0.781. The molecule has 0 aliphatic rings. The summed E-state index contributed by atoms with van der Waals surface area (Å²) < 4.78 is 0. The number of imidazole rings is 1. The highest BCUT2D eigenvalue weighted by Crippen LogP contribution is 2.15. The van der Waals surface area contributed by atoms with Crippen molar-refractivity contribution in [2.24, 2.45) is 0 Å². The van der Waals surface area contributed by atoms with E-state index in [0.29, 0.717) is 6.42 Å². The number of nitriles is 1. The molecule has 1 heterocycles. The molecule has 1 aromatic carbocycles. The zero-order valence-corrected chi connectivity index (χ0v) is 11.7. The van der Waals surface area contributed by atoms with Gasteiger partial charge >= 0.3 is 0 Å². The second kappa shape index (κ2) is 8.93. The average Bonchev–Trinajstić information content (AvgIpc) is 2.95. The van der Waals surface area contributed by atoms with Gasteiger partial charge in [-0.05, 0) is 12.8 Å². The number of unbranched alkanes of at least 4 members (excludes halogenated alkanes) is 1. The third-order valence-corrected chi connectivity index (χ3v) is 2.63. The number of hydrogen-bond acceptors (Lipinski definition) is 2. The number of nitrogens with zero attached hydrogens (tertiary/aromatic N) is 2. The molecule has 0 spiro atoms. The van der Waals surface area contributed by atoms with Gasteiger partial charge in [-0.3, -0.25) is 0 Å². The number of benzene rings is 1. The van der Waals surface area contributed by atoms with E-state index in [1.807, 2.05) is 37.4 Å². The Morgan fingerprint density at radius 3 is 2.47 bits per heavy atom. The first-order valence-corrected chi connectivity index (χ1v) is 6.78. The van der Waals surface area contributed by atoms with Crippen LogP contribution in [0.15, 0.2) is 36.5 Å². The number of rotatable bonds is 4. The minimum Gasteiger partial charge on any atom is -0.342 e. The molecular formula is C16H21N3. The van der Waals surface area contributed by atoms with Crippen molar-refractivity contribution in [3.63, 3.8) is 0 Å². The second-order valence-corrected chi connectivity index (χ2v) is 4.24. The monoisotopic (exact) mass is 255 g/mol. The summed E-state index contributed by atoms with van der Waals surface area (Å²) in [7, 11) is 0. The van der Waals surface area contributed by atoms with Gasteiger partial charge in [0.05, 0.1) is 6.07 Å². The summed E-state index contributed by atoms with van der Waals surface area (Å²) in [5.74, 6) is 0.974. The third kappa shape index (κ3) is 5.39. The maximum absolute atomic E-state index is 7.62. The fraction of sp³-hybridized carbons (Fsp3) is 0.375. The van der Waals surface area contributed by atoms with Crippen molar-refractivity contribution < 1.29 is 0 Å². The van der Waals surface area contributed by atoms with Crippen LogP contribution in [-0.2, 0) is 6.42 Å². The van der Waals surface area contributed by atoms with Gasteiger partial charge in [0, 0.05) is 23.9 Å². The number of hydrogen-bond donors (Lipinski definition) is 1. The molecule has 0 bridgehead atoms. The van der Waals surface area contributed by atoms with Crippen LogP contribution in [0.3, 0.4) is 0 Å². The van der Waals surface area contributed by atoms with Crippen LogP contribution in [0.25, 0.3) is 11.4 Å². The van der Waals surface area contributed by atoms with E-state index >= 15 is 0 Å². The van der Waals surface area contributed by atoms with Gasteiger partial charge in [0.2, 0.25) is 0 Å². The van der Waals surface area contributed by atoms with Crippen LogP contribution in [0.2, 0.25) is 0 Å². The van der Waals surface area contributed by atoms with E-state index in [-0.39, 0.29) is 0 Å². The van der Waals surface area contributed by atoms with Crippen LogP contribution in [0.4, 0.5) is 0 Å². The van der Waals surface area contributed by atoms with Gasteiger partial charge in [0.25, 0.3) is 0 Å². The molecular weight excluding hydrogens is 234 g/mol. The van der Waals surface area contributed by atoms with Crippen molar-refractivity contribution in [2.75, 3.05) is 0 Å². The number of aryl methyl sites for hydroxylation is 1. The Morgan fingerprint density at radius 2 is 1.89 bits per heavy atom. The van der Waals surface area contributed by atoms with Crippen molar-refractivity contribution in [3.8, 4) is 17.5 Å². The molecule has 2 rings (SSSR count). The molecule has 3 heteroatoms. The van der Waals surface area contributed by atoms with Crippen molar-refractivity contribution in [2.45, 2.75) is 39.5 Å². The Balaban J connectivity index is 0.000000399. The first-order valence-electron chi connectivity index (χ1n) is 6.78. The standard InChI is InChI=1S/C13H16N2.C3H5N/c1-2-3-9-12-10-14-13(15-12)11-7-5-4-6-8-11;1-2-3-4/h4-8,10H,2-3,9H2,1H3,(H,14,15);2H2,1H3. The fourth-order valence-electron chi connectivity index (χ4n) is 1.60. The van der Waals surface area contributed by atoms with Gasteiger partial charge < -0.3 is 4.98 Å². The van der Waals surface area contributed by atoms with Crippen LogP contribution >= 0.6 is 0 Å². The summed E-state index contributed by atoms with van der Waals surface area (Å²) in [6.45, 7) is 4.02. The first-order chi connectivity index (χ1) is 9.31. The molecule has 1 N–H and O–H groups in total. The van der Waals surface area contributed by atoms with Crippen molar-refractivity contribution in [3.05, 3.63) is 42.2 Å². The van der Waals surface area contributed by atoms with Gasteiger partial charge in [0.15, 0.2) is 0 Å². The molecule has 2 aromatic rings. The Kier molecular flexibility index (Phi) is 7.04. The van der Waals surface area contributed by atoms with E-state index in [2.05, 4.69) is 29.0 Å². The predicted octanol–water partition coefficient (Wildman–Crippen LogP) is 4.34. The van der Waals surface area contributed by atoms with E-state index in [9.17, 15) is 0 Å². The quantitative estimate of drug-likeness (QED) is 0.883. The lowest BCUT2D eigenvalue weighted by Crippen LogP contribution is -1.84. The maximum Gasteiger partial charge on any atom is 0.137 e. The molecule has 0 atom stereocenters. The van der Waals surface area contributed by atoms with E-state index in [1.54, 1.807) is 0 Å². The molecule has 0 amide bonds. The highest BCUT2D eigenvalue weighted by molar-refractivity contribution is 5.54. The molecule has 100 valence electrons. The Hall–Kier alpha value is -2.08. The Morgan fingerprint density at radius 1 is 1.21 bits per heavy atom. The van der Waals surface area contributed by atoms with Crippen LogP contribution in [0.5, 0.6) is 0 Å². The molecule has 0 aliphatic heterocycles. The SMILES string of the molecule is CCC#N.CCCCc1cnc(-c2ccccc2)[nH]1. The highest BCUT2D eigenvalue weighted by Gasteiger charge is 2.01. The third-order valence-electron chi connectivity index (χ3n) is 2.63. The predicted molar refractivity (Wildman–Crippen MR) is 78.5 cm³/mol. The summed E-state index contributed by atoms with van der Waals surface area (Å²) in [6.07, 6.45) is 6.10. The number of nitrogens with one attached hydrogen (secondary N) is 1. The number of aromatic nitrogens is 2. The highest BCUT2D eigenvalue weighted by atomic mass is 14.9. The average molecular weight is 255 g/mol. The number of aromatic amines is 1. The second-order valence-electron chi connectivity index (χ2n) is 4.24. The normalized spacial score (nSPS) is 9.32. The molecule has 3 nitrogen and oxygen atoms in total. The van der Waals surface area contributed by atoms with Gasteiger partial charge in [-0.2, -0.15) is 5.26 Å². The lowest BCUT2D eigenvalue weighted by Gasteiger charge is -1.96. The molecule has 0 saturated heterocycles. The molecule has 0 aliphatic carbocycles. The minimum atomic E-state index is 0.625. The topological polar surface area (TPSA) is 52.5 Å². The fourth-order valence-corrected chi connectivity index (χ4v) is 1.60.